The summed E-state index contributed by atoms with van der Waals surface area (Å²) in [7, 11) is 0. The maximum atomic E-state index is 13.9. The van der Waals surface area contributed by atoms with Crippen LogP contribution in [0.4, 0.5) is 11.4 Å². The number of hydrogen-bond donors (Lipinski definition) is 4. The van der Waals surface area contributed by atoms with E-state index >= 15 is 0 Å². The molecule has 2 amide bonds. The molecule has 0 bridgehead atoms. The molecule has 54 heavy (non-hydrogen) atoms. The number of nitriles is 2. The summed E-state index contributed by atoms with van der Waals surface area (Å²) in [5.74, 6) is -0.611. The molecule has 2 spiro atoms. The summed E-state index contributed by atoms with van der Waals surface area (Å²) in [6.45, 7) is 0.846. The van der Waals surface area contributed by atoms with Crippen molar-refractivity contribution in [3.05, 3.63) is 154 Å². The normalized spacial score (nSPS) is 23.1. The second-order valence-corrected chi connectivity index (χ2v) is 15.1. The smallest absolute Gasteiger partial charge is 0.251 e. The highest BCUT2D eigenvalue weighted by atomic mass is 32.2. The van der Waals surface area contributed by atoms with Gasteiger partial charge in [-0.2, -0.15) is 10.5 Å². The van der Waals surface area contributed by atoms with Crippen LogP contribution in [-0.4, -0.2) is 45.0 Å². The summed E-state index contributed by atoms with van der Waals surface area (Å²) < 4.78 is -2.90. The molecule has 2 atom stereocenters. The van der Waals surface area contributed by atoms with E-state index in [2.05, 4.69) is 22.8 Å². The van der Waals surface area contributed by atoms with Gasteiger partial charge in [-0.05, 0) is 23.3 Å². The summed E-state index contributed by atoms with van der Waals surface area (Å²) >= 11 is 2.33. The number of amides is 2. The fourth-order valence-corrected chi connectivity index (χ4v) is 9.88. The second kappa shape index (κ2) is 13.8. The van der Waals surface area contributed by atoms with Crippen molar-refractivity contribution in [3.63, 3.8) is 0 Å². The number of benzene rings is 4. The Hall–Kier alpha value is -6.48. The van der Waals surface area contributed by atoms with E-state index < -0.39 is 9.49 Å². The highest BCUT2D eigenvalue weighted by Crippen LogP contribution is 2.56. The number of aliphatic imine (C=N–C) groups is 2. The molecule has 14 heteroatoms. The van der Waals surface area contributed by atoms with Crippen LogP contribution in [-0.2, 0) is 32.2 Å². The van der Waals surface area contributed by atoms with Crippen molar-refractivity contribution in [2.45, 2.75) is 22.6 Å². The van der Waals surface area contributed by atoms with E-state index in [1.807, 2.05) is 97.1 Å². The number of carbonyl (C=O) groups excluding carboxylic acids is 2. The Morgan fingerprint density at radius 1 is 0.593 bits per heavy atom. The summed E-state index contributed by atoms with van der Waals surface area (Å²) in [5.41, 5.74) is 18.3. The van der Waals surface area contributed by atoms with Crippen LogP contribution in [0.15, 0.2) is 142 Å². The van der Waals surface area contributed by atoms with E-state index in [4.69, 9.17) is 21.5 Å². The van der Waals surface area contributed by atoms with E-state index in [0.717, 1.165) is 11.1 Å². The quantitative estimate of drug-likeness (QED) is 0.194. The van der Waals surface area contributed by atoms with Crippen LogP contribution < -0.4 is 22.1 Å². The molecule has 4 heterocycles. The maximum absolute atomic E-state index is 13.9. The van der Waals surface area contributed by atoms with E-state index in [1.165, 1.54) is 23.5 Å². The number of nitrogens with one attached hydrogen (secondary N) is 2. The van der Waals surface area contributed by atoms with Gasteiger partial charge in [0.1, 0.15) is 34.9 Å². The Labute approximate surface area is 319 Å². The van der Waals surface area contributed by atoms with Gasteiger partial charge in [-0.25, -0.2) is 0 Å². The van der Waals surface area contributed by atoms with Gasteiger partial charge in [0.2, 0.25) is 0 Å². The molecule has 0 fully saturated rings. The SMILES string of the molecule is N#CC1=C(N)N(CCN2C(=NCc3ccccc3)SC3(C(=O)Nc4ccccc43)C(C#N)=C2N)C(=NCc2ccccc2)SC12C(=O)Nc1ccccc12. The van der Waals surface area contributed by atoms with Crippen molar-refractivity contribution in [3.8, 4) is 12.1 Å². The molecule has 0 aromatic heterocycles. The van der Waals surface area contributed by atoms with Crippen LogP contribution in [0, 0.1) is 22.7 Å². The number of nitrogens with zero attached hydrogens (tertiary/aromatic N) is 6. The van der Waals surface area contributed by atoms with Gasteiger partial charge in [-0.1, -0.05) is 121 Å². The number of rotatable bonds is 7. The van der Waals surface area contributed by atoms with Gasteiger partial charge in [-0.3, -0.25) is 19.6 Å². The molecule has 2 unspecified atom stereocenters. The van der Waals surface area contributed by atoms with Crippen LogP contribution in [0.5, 0.6) is 0 Å². The Kier molecular flexibility index (Phi) is 8.85. The average molecular weight is 749 g/mol. The van der Waals surface area contributed by atoms with Crippen LogP contribution >= 0.6 is 23.5 Å². The third-order valence-corrected chi connectivity index (χ3v) is 12.6. The Morgan fingerprint density at radius 2 is 0.963 bits per heavy atom. The Balaban J connectivity index is 1.22. The maximum Gasteiger partial charge on any atom is 0.251 e. The van der Waals surface area contributed by atoms with Gasteiger partial charge in [0, 0.05) is 35.6 Å². The van der Waals surface area contributed by atoms with Gasteiger partial charge in [0.15, 0.2) is 19.8 Å². The lowest BCUT2D eigenvalue weighted by Crippen LogP contribution is -2.51. The van der Waals surface area contributed by atoms with E-state index in [1.54, 1.807) is 21.9 Å². The second-order valence-electron chi connectivity index (χ2n) is 12.8. The summed E-state index contributed by atoms with van der Waals surface area (Å²) in [5, 5.41) is 28.0. The third-order valence-electron chi connectivity index (χ3n) is 9.75. The molecule has 12 nitrogen and oxygen atoms in total. The van der Waals surface area contributed by atoms with Gasteiger partial charge in [0.05, 0.1) is 13.1 Å². The molecule has 266 valence electrons. The number of amidine groups is 2. The lowest BCUT2D eigenvalue weighted by Gasteiger charge is -2.42. The van der Waals surface area contributed by atoms with Crippen LogP contribution in [0.25, 0.3) is 0 Å². The van der Waals surface area contributed by atoms with Gasteiger partial charge in [0.25, 0.3) is 11.8 Å². The molecule has 0 radical (unpaired) electrons. The third kappa shape index (κ3) is 5.46. The molecule has 4 aromatic carbocycles. The first-order valence-electron chi connectivity index (χ1n) is 17.0. The van der Waals surface area contributed by atoms with Gasteiger partial charge in [-0.15, -0.1) is 0 Å². The van der Waals surface area contributed by atoms with Crippen LogP contribution in [0.1, 0.15) is 22.3 Å². The van der Waals surface area contributed by atoms with Crippen molar-refractivity contribution in [1.29, 1.82) is 10.5 Å². The van der Waals surface area contributed by atoms with Crippen molar-refractivity contribution < 1.29 is 9.59 Å². The molecule has 4 aromatic rings. The van der Waals surface area contributed by atoms with Crippen molar-refractivity contribution >= 4 is 57.0 Å². The highest BCUT2D eigenvalue weighted by Gasteiger charge is 2.58. The standard InChI is InChI=1S/C40H32N10O2S2/c41-21-29-33(43)49(37(45-23-25-11-3-1-4-12-25)53-39(29)27-15-7-9-17-31(27)47-35(39)51)19-20-50-34(44)30(22-42)40(28-16-8-10-18-32(28)48-36(40)52)54-38(50)46-24-26-13-5-2-6-14-26/h1-18H,19-20,23-24,43-44H2,(H,47,51)(H,48,52). The van der Waals surface area contributed by atoms with Crippen LogP contribution in [0.3, 0.4) is 0 Å². The first-order valence-corrected chi connectivity index (χ1v) is 18.7. The predicted octanol–water partition coefficient (Wildman–Crippen LogP) is 5.28. The first kappa shape index (κ1) is 34.6. The largest absolute Gasteiger partial charge is 0.384 e. The number of hydrogen-bond acceptors (Lipinski definition) is 10. The lowest BCUT2D eigenvalue weighted by molar-refractivity contribution is -0.118. The molecule has 4 aliphatic rings. The van der Waals surface area contributed by atoms with Crippen molar-refractivity contribution in [2.75, 3.05) is 23.7 Å². The fraction of sp³-hybridized carbons (Fsp3) is 0.150. The minimum absolute atomic E-state index is 0.0750. The summed E-state index contributed by atoms with van der Waals surface area (Å²) in [6, 6.07) is 38.4. The van der Waals surface area contributed by atoms with E-state index in [0.29, 0.717) is 32.8 Å². The van der Waals surface area contributed by atoms with Crippen molar-refractivity contribution in [2.24, 2.45) is 21.5 Å². The number of nitrogens with two attached hydrogens (primary N) is 2. The average Bonchev–Trinajstić information content (AvgIpc) is 3.63. The highest BCUT2D eigenvalue weighted by molar-refractivity contribution is 8.15. The minimum Gasteiger partial charge on any atom is -0.384 e. The molecule has 4 aliphatic heterocycles. The molecular formula is C40H32N10O2S2. The summed E-state index contributed by atoms with van der Waals surface area (Å²) in [4.78, 5) is 41.1. The van der Waals surface area contributed by atoms with Gasteiger partial charge >= 0.3 is 0 Å². The zero-order valence-electron chi connectivity index (χ0n) is 28.7. The molecule has 0 aliphatic carbocycles. The summed E-state index contributed by atoms with van der Waals surface area (Å²) in [6.07, 6.45) is 0. The van der Waals surface area contributed by atoms with E-state index in [-0.39, 0.29) is 60.8 Å². The first-order chi connectivity index (χ1) is 26.3. The van der Waals surface area contributed by atoms with Gasteiger partial charge < -0.3 is 31.9 Å². The Morgan fingerprint density at radius 3 is 1.35 bits per heavy atom. The predicted molar refractivity (Wildman–Crippen MR) is 211 cm³/mol. The number of thioether (sulfide) groups is 2. The van der Waals surface area contributed by atoms with E-state index in [9.17, 15) is 20.1 Å². The molecule has 0 saturated carbocycles. The minimum atomic E-state index is -1.45. The number of anilines is 2. The van der Waals surface area contributed by atoms with Crippen molar-refractivity contribution in [1.82, 2.24) is 9.80 Å². The number of carbonyl (C=O) groups is 2. The monoisotopic (exact) mass is 748 g/mol. The lowest BCUT2D eigenvalue weighted by atomic mass is 9.91. The fourth-order valence-electron chi connectivity index (χ4n) is 7.11. The molecular weight excluding hydrogens is 717 g/mol. The topological polar surface area (TPSA) is 189 Å². The van der Waals surface area contributed by atoms with Crippen LogP contribution in [0.2, 0.25) is 0 Å². The number of fused-ring (bicyclic) bond motifs is 4. The molecule has 8 rings (SSSR count). The molecule has 6 N–H and O–H groups in total. The zero-order valence-corrected chi connectivity index (χ0v) is 30.3. The molecule has 0 saturated heterocycles. The zero-order chi connectivity index (χ0) is 37.5. The Bertz CT molecular complexity index is 2250. The number of para-hydroxylation sites is 2.